The van der Waals surface area contributed by atoms with Gasteiger partial charge in [0.1, 0.15) is 6.61 Å². The molecule has 2 atom stereocenters. The summed E-state index contributed by atoms with van der Waals surface area (Å²) in [7, 11) is -4.28. The monoisotopic (exact) mass is 755 g/mol. The maximum atomic E-state index is 12.5. The second-order valence-electron chi connectivity index (χ2n) is 14.0. The van der Waals surface area contributed by atoms with Gasteiger partial charge in [-0.15, -0.1) is 0 Å². The smallest absolute Gasteiger partial charge is 0.462 e. The molecular formula is C43H79O8P. The normalized spacial score (nSPS) is 13.7. The number of carbonyl (C=O) groups excluding carboxylic acids is 2. The van der Waals surface area contributed by atoms with Crippen molar-refractivity contribution in [3.05, 3.63) is 36.5 Å². The van der Waals surface area contributed by atoms with E-state index in [9.17, 15) is 19.0 Å². The van der Waals surface area contributed by atoms with Crippen molar-refractivity contribution in [2.45, 2.75) is 207 Å². The Morgan fingerprint density at radius 1 is 0.538 bits per heavy atom. The largest absolute Gasteiger partial charge is 0.472 e. The molecule has 0 aliphatic rings. The van der Waals surface area contributed by atoms with Crippen molar-refractivity contribution in [1.29, 1.82) is 0 Å². The minimum Gasteiger partial charge on any atom is -0.462 e. The number of phosphoric ester groups is 1. The van der Waals surface area contributed by atoms with Crippen LogP contribution in [-0.2, 0) is 32.7 Å². The van der Waals surface area contributed by atoms with Crippen molar-refractivity contribution in [2.24, 2.45) is 0 Å². The summed E-state index contributed by atoms with van der Waals surface area (Å²) in [6.45, 7) is 5.34. The Kier molecular flexibility index (Phi) is 37.7. The van der Waals surface area contributed by atoms with E-state index in [4.69, 9.17) is 18.5 Å². The first-order valence-electron chi connectivity index (χ1n) is 21.3. The summed E-state index contributed by atoms with van der Waals surface area (Å²) in [5.41, 5.74) is 0. The average Bonchev–Trinajstić information content (AvgIpc) is 3.12. The summed E-state index contributed by atoms with van der Waals surface area (Å²) < 4.78 is 32.6. The molecule has 52 heavy (non-hydrogen) atoms. The Balaban J connectivity index is 4.06. The lowest BCUT2D eigenvalue weighted by atomic mass is 10.0. The Hall–Kier alpha value is -1.73. The topological polar surface area (TPSA) is 108 Å². The van der Waals surface area contributed by atoms with Crippen molar-refractivity contribution >= 4 is 19.8 Å². The van der Waals surface area contributed by atoms with Gasteiger partial charge in [0.2, 0.25) is 0 Å². The van der Waals surface area contributed by atoms with E-state index in [-0.39, 0.29) is 25.6 Å². The van der Waals surface area contributed by atoms with Gasteiger partial charge in [0.25, 0.3) is 0 Å². The quantitative estimate of drug-likeness (QED) is 0.0286. The molecule has 0 aromatic heterocycles. The second kappa shape index (κ2) is 39.0. The third kappa shape index (κ3) is 38.0. The minimum absolute atomic E-state index is 0.00477. The number of unbranched alkanes of at least 4 members (excludes halogenated alkanes) is 21. The maximum absolute atomic E-state index is 12.5. The molecule has 9 heteroatoms. The van der Waals surface area contributed by atoms with Gasteiger partial charge < -0.3 is 14.4 Å². The van der Waals surface area contributed by atoms with Crippen LogP contribution < -0.4 is 0 Å². The Morgan fingerprint density at radius 2 is 0.981 bits per heavy atom. The first kappa shape index (κ1) is 50.3. The number of carbonyl (C=O) groups is 2. The van der Waals surface area contributed by atoms with Crippen molar-refractivity contribution in [3.63, 3.8) is 0 Å². The standard InChI is InChI=1S/C43H79O8P/c1-4-7-9-11-13-15-17-19-20-21-22-23-24-26-27-29-31-33-35-37-42(44)48-39-41(40-50-52(46,47)49-6-3)51-43(45)38-36-34-32-30-28-25-18-16-14-12-10-8-5-2/h8,10,14,16,25,28,41H,4-7,9,11-13,15,17-24,26-27,29-40H2,1-3H3,(H,46,47)/b10-8-,16-14-,28-25-. The lowest BCUT2D eigenvalue weighted by molar-refractivity contribution is -0.161. The van der Waals surface area contributed by atoms with Crippen LogP contribution >= 0.6 is 7.82 Å². The van der Waals surface area contributed by atoms with Crippen molar-refractivity contribution in [3.8, 4) is 0 Å². The molecule has 8 nitrogen and oxygen atoms in total. The van der Waals surface area contributed by atoms with Crippen LogP contribution in [0.3, 0.4) is 0 Å². The molecule has 0 saturated carbocycles. The number of hydrogen-bond donors (Lipinski definition) is 1. The molecule has 0 aliphatic carbocycles. The molecule has 0 heterocycles. The van der Waals surface area contributed by atoms with E-state index < -0.39 is 26.5 Å². The third-order valence-electron chi connectivity index (χ3n) is 8.96. The third-order valence-corrected chi connectivity index (χ3v) is 10.0. The number of phosphoric acid groups is 1. The van der Waals surface area contributed by atoms with Crippen molar-refractivity contribution in [1.82, 2.24) is 0 Å². The molecular weight excluding hydrogens is 675 g/mol. The molecule has 0 radical (unpaired) electrons. The number of esters is 2. The highest BCUT2D eigenvalue weighted by molar-refractivity contribution is 7.47. The number of hydrogen-bond acceptors (Lipinski definition) is 7. The van der Waals surface area contributed by atoms with E-state index in [0.717, 1.165) is 57.8 Å². The van der Waals surface area contributed by atoms with Crippen molar-refractivity contribution in [2.75, 3.05) is 19.8 Å². The lowest BCUT2D eigenvalue weighted by Crippen LogP contribution is -2.29. The van der Waals surface area contributed by atoms with E-state index in [1.54, 1.807) is 6.92 Å². The zero-order valence-corrected chi connectivity index (χ0v) is 34.6. The lowest BCUT2D eigenvalue weighted by Gasteiger charge is -2.19. The number of allylic oxidation sites excluding steroid dienone is 6. The minimum atomic E-state index is -4.28. The highest BCUT2D eigenvalue weighted by Gasteiger charge is 2.25. The first-order chi connectivity index (χ1) is 25.3. The van der Waals surface area contributed by atoms with Gasteiger partial charge >= 0.3 is 19.8 Å². The van der Waals surface area contributed by atoms with E-state index in [0.29, 0.717) is 12.8 Å². The molecule has 0 fully saturated rings. The van der Waals surface area contributed by atoms with Gasteiger partial charge in [-0.3, -0.25) is 18.6 Å². The van der Waals surface area contributed by atoms with Gasteiger partial charge in [0.05, 0.1) is 13.2 Å². The van der Waals surface area contributed by atoms with Crippen LogP contribution in [0, 0.1) is 0 Å². The molecule has 0 rings (SSSR count). The predicted molar refractivity (Wildman–Crippen MR) is 216 cm³/mol. The van der Waals surface area contributed by atoms with E-state index >= 15 is 0 Å². The fourth-order valence-corrected chi connectivity index (χ4v) is 6.63. The van der Waals surface area contributed by atoms with Crippen LogP contribution in [0.15, 0.2) is 36.5 Å². The molecule has 1 N–H and O–H groups in total. The first-order valence-corrected chi connectivity index (χ1v) is 22.8. The van der Waals surface area contributed by atoms with Gasteiger partial charge in [-0.1, -0.05) is 172 Å². The predicted octanol–water partition coefficient (Wildman–Crippen LogP) is 13.2. The van der Waals surface area contributed by atoms with Gasteiger partial charge in [0, 0.05) is 12.8 Å². The van der Waals surface area contributed by atoms with E-state index in [2.05, 4.69) is 50.3 Å². The van der Waals surface area contributed by atoms with E-state index in [1.165, 1.54) is 103 Å². The van der Waals surface area contributed by atoms with Crippen molar-refractivity contribution < 1.29 is 37.6 Å². The summed E-state index contributed by atoms with van der Waals surface area (Å²) in [5.74, 6) is -0.827. The van der Waals surface area contributed by atoms with Crippen LogP contribution in [0.2, 0.25) is 0 Å². The molecule has 0 spiro atoms. The van der Waals surface area contributed by atoms with Crippen LogP contribution in [0.1, 0.15) is 201 Å². The zero-order valence-electron chi connectivity index (χ0n) is 33.7. The van der Waals surface area contributed by atoms with Crippen LogP contribution in [0.5, 0.6) is 0 Å². The number of rotatable bonds is 39. The van der Waals surface area contributed by atoms with Crippen LogP contribution in [0.4, 0.5) is 0 Å². The summed E-state index contributed by atoms with van der Waals surface area (Å²) in [4.78, 5) is 34.7. The van der Waals surface area contributed by atoms with Crippen LogP contribution in [-0.4, -0.2) is 42.8 Å². The summed E-state index contributed by atoms with van der Waals surface area (Å²) in [6, 6.07) is 0. The van der Waals surface area contributed by atoms with Crippen LogP contribution in [0.25, 0.3) is 0 Å². The fraction of sp³-hybridized carbons (Fsp3) is 0.814. The maximum Gasteiger partial charge on any atom is 0.472 e. The average molecular weight is 755 g/mol. The summed E-state index contributed by atoms with van der Waals surface area (Å²) >= 11 is 0. The molecule has 0 saturated heterocycles. The molecule has 0 aliphatic heterocycles. The fourth-order valence-electron chi connectivity index (χ4n) is 5.88. The molecule has 2 unspecified atom stereocenters. The zero-order chi connectivity index (χ0) is 38.2. The summed E-state index contributed by atoms with van der Waals surface area (Å²) in [5, 5.41) is 0. The van der Waals surface area contributed by atoms with E-state index in [1.807, 2.05) is 0 Å². The highest BCUT2D eigenvalue weighted by atomic mass is 31.2. The van der Waals surface area contributed by atoms with Gasteiger partial charge in [-0.2, -0.15) is 0 Å². The Bertz CT molecular complexity index is 947. The van der Waals surface area contributed by atoms with Gasteiger partial charge in [-0.05, 0) is 51.9 Å². The van der Waals surface area contributed by atoms with Gasteiger partial charge in [-0.25, -0.2) is 4.57 Å². The molecule has 0 aromatic carbocycles. The second-order valence-corrected chi connectivity index (χ2v) is 15.4. The molecule has 0 amide bonds. The molecule has 0 bridgehead atoms. The molecule has 0 aromatic rings. The SMILES string of the molecule is CC/C=C\C/C=C\C/C=C\CCCCCC(=O)OC(COC(=O)CCCCCCCCCCCCCCCCCCCCC)COP(=O)(O)OCC. The Morgan fingerprint density at radius 3 is 1.48 bits per heavy atom. The summed E-state index contributed by atoms with van der Waals surface area (Å²) in [6.07, 6.45) is 43.5. The number of ether oxygens (including phenoxy) is 2. The highest BCUT2D eigenvalue weighted by Crippen LogP contribution is 2.43. The molecule has 304 valence electrons. The Labute approximate surface area is 319 Å². The van der Waals surface area contributed by atoms with Gasteiger partial charge in [0.15, 0.2) is 6.10 Å².